The molecule has 0 aromatic heterocycles. The third-order valence-electron chi connectivity index (χ3n) is 3.15. The van der Waals surface area contributed by atoms with E-state index in [9.17, 15) is 8.78 Å². The van der Waals surface area contributed by atoms with E-state index in [4.69, 9.17) is 0 Å². The van der Waals surface area contributed by atoms with Crippen LogP contribution in [0.4, 0.5) is 8.78 Å². The van der Waals surface area contributed by atoms with Gasteiger partial charge in [0.15, 0.2) is 0 Å². The van der Waals surface area contributed by atoms with Crippen LogP contribution in [0.15, 0.2) is 46.9 Å². The maximum absolute atomic E-state index is 13.3. The summed E-state index contributed by atoms with van der Waals surface area (Å²) < 4.78 is 26.7. The number of likely N-dealkylation sites (N-methyl/N-ethyl adjacent to an activating group) is 1. The van der Waals surface area contributed by atoms with Crippen molar-refractivity contribution in [3.8, 4) is 0 Å². The highest BCUT2D eigenvalue weighted by Crippen LogP contribution is 2.24. The summed E-state index contributed by atoms with van der Waals surface area (Å²) in [6.07, 6.45) is 0.728. The molecule has 0 aliphatic heterocycles. The summed E-state index contributed by atoms with van der Waals surface area (Å²) in [5, 5.41) is 3.37. The Bertz CT molecular complexity index is 569. The smallest absolute Gasteiger partial charge is 0.137 e. The van der Waals surface area contributed by atoms with Gasteiger partial charge in [-0.25, -0.2) is 8.78 Å². The van der Waals surface area contributed by atoms with Gasteiger partial charge in [-0.2, -0.15) is 0 Å². The van der Waals surface area contributed by atoms with E-state index in [-0.39, 0.29) is 17.7 Å². The molecule has 0 fully saturated rings. The number of halogens is 3. The first kappa shape index (κ1) is 15.1. The van der Waals surface area contributed by atoms with Crippen molar-refractivity contribution in [1.82, 2.24) is 5.32 Å². The van der Waals surface area contributed by atoms with Gasteiger partial charge in [-0.1, -0.05) is 25.1 Å². The Kier molecular flexibility index (Phi) is 5.26. The van der Waals surface area contributed by atoms with Crippen molar-refractivity contribution in [2.45, 2.75) is 19.4 Å². The highest BCUT2D eigenvalue weighted by atomic mass is 79.9. The molecule has 0 radical (unpaired) electrons. The molecule has 0 aliphatic rings. The lowest BCUT2D eigenvalue weighted by molar-refractivity contribution is 0.545. The fourth-order valence-corrected chi connectivity index (χ4v) is 2.54. The van der Waals surface area contributed by atoms with Crippen molar-refractivity contribution in [3.05, 3.63) is 69.7 Å². The van der Waals surface area contributed by atoms with Crippen molar-refractivity contribution in [3.63, 3.8) is 0 Å². The van der Waals surface area contributed by atoms with Crippen molar-refractivity contribution in [2.24, 2.45) is 0 Å². The fraction of sp³-hybridized carbons (Fsp3) is 0.250. The summed E-state index contributed by atoms with van der Waals surface area (Å²) in [6.45, 7) is 2.83. The lowest BCUT2D eigenvalue weighted by Gasteiger charge is -2.19. The molecular formula is C16H16BrF2N. The van der Waals surface area contributed by atoms with Gasteiger partial charge in [0.2, 0.25) is 0 Å². The molecule has 0 spiro atoms. The SMILES string of the molecule is CCNC(Cc1ccc(F)cc1)c1ccc(F)c(Br)c1. The molecule has 0 saturated heterocycles. The van der Waals surface area contributed by atoms with E-state index in [0.717, 1.165) is 24.1 Å². The minimum absolute atomic E-state index is 0.0716. The maximum Gasteiger partial charge on any atom is 0.137 e. The molecule has 0 bridgehead atoms. The summed E-state index contributed by atoms with van der Waals surface area (Å²) in [5.41, 5.74) is 2.04. The highest BCUT2D eigenvalue weighted by molar-refractivity contribution is 9.10. The Morgan fingerprint density at radius 2 is 1.80 bits per heavy atom. The van der Waals surface area contributed by atoms with Crippen LogP contribution in [0.1, 0.15) is 24.1 Å². The number of nitrogens with one attached hydrogen (secondary N) is 1. The van der Waals surface area contributed by atoms with Crippen LogP contribution < -0.4 is 5.32 Å². The van der Waals surface area contributed by atoms with Crippen molar-refractivity contribution >= 4 is 15.9 Å². The van der Waals surface area contributed by atoms with E-state index < -0.39 is 0 Å². The van der Waals surface area contributed by atoms with E-state index in [1.54, 1.807) is 24.3 Å². The van der Waals surface area contributed by atoms with Crippen LogP contribution in [0.2, 0.25) is 0 Å². The molecule has 0 aliphatic carbocycles. The van der Waals surface area contributed by atoms with E-state index >= 15 is 0 Å². The van der Waals surface area contributed by atoms with Crippen LogP contribution in [0.5, 0.6) is 0 Å². The van der Waals surface area contributed by atoms with E-state index in [0.29, 0.717) is 4.47 Å². The summed E-state index contributed by atoms with van der Waals surface area (Å²) in [6, 6.07) is 11.5. The van der Waals surface area contributed by atoms with Crippen LogP contribution in [-0.4, -0.2) is 6.54 Å². The summed E-state index contributed by atoms with van der Waals surface area (Å²) in [4.78, 5) is 0. The second-order valence-electron chi connectivity index (χ2n) is 4.61. The average molecular weight is 340 g/mol. The van der Waals surface area contributed by atoms with Gasteiger partial charge in [-0.05, 0) is 64.3 Å². The van der Waals surface area contributed by atoms with E-state index in [2.05, 4.69) is 21.2 Å². The first-order valence-corrected chi connectivity index (χ1v) is 7.32. The van der Waals surface area contributed by atoms with Crippen LogP contribution in [0, 0.1) is 11.6 Å². The topological polar surface area (TPSA) is 12.0 Å². The molecule has 4 heteroatoms. The number of hydrogen-bond acceptors (Lipinski definition) is 1. The largest absolute Gasteiger partial charge is 0.310 e. The molecule has 2 rings (SSSR count). The van der Waals surface area contributed by atoms with E-state index in [1.165, 1.54) is 18.2 Å². The van der Waals surface area contributed by atoms with Crippen LogP contribution in [0.3, 0.4) is 0 Å². The first-order chi connectivity index (χ1) is 9.60. The van der Waals surface area contributed by atoms with Crippen molar-refractivity contribution < 1.29 is 8.78 Å². The zero-order chi connectivity index (χ0) is 14.5. The van der Waals surface area contributed by atoms with Gasteiger partial charge in [-0.3, -0.25) is 0 Å². The van der Waals surface area contributed by atoms with Gasteiger partial charge in [-0.15, -0.1) is 0 Å². The average Bonchev–Trinajstić information content (AvgIpc) is 2.44. The van der Waals surface area contributed by atoms with Crippen LogP contribution in [-0.2, 0) is 6.42 Å². The molecule has 0 amide bonds. The molecule has 1 unspecified atom stereocenters. The second-order valence-corrected chi connectivity index (χ2v) is 5.47. The molecule has 1 nitrogen and oxygen atoms in total. The monoisotopic (exact) mass is 339 g/mol. The summed E-state index contributed by atoms with van der Waals surface area (Å²) >= 11 is 3.21. The molecule has 1 atom stereocenters. The second kappa shape index (κ2) is 6.95. The maximum atomic E-state index is 13.3. The lowest BCUT2D eigenvalue weighted by Crippen LogP contribution is -2.23. The number of rotatable bonds is 5. The van der Waals surface area contributed by atoms with Gasteiger partial charge in [0.25, 0.3) is 0 Å². The quantitative estimate of drug-likeness (QED) is 0.837. The van der Waals surface area contributed by atoms with Gasteiger partial charge in [0, 0.05) is 6.04 Å². The Morgan fingerprint density at radius 3 is 2.40 bits per heavy atom. The minimum atomic E-state index is -0.272. The van der Waals surface area contributed by atoms with E-state index in [1.807, 2.05) is 6.92 Å². The molecule has 0 saturated carbocycles. The van der Waals surface area contributed by atoms with Gasteiger partial charge in [0.05, 0.1) is 4.47 Å². The molecule has 20 heavy (non-hydrogen) atoms. The zero-order valence-corrected chi connectivity index (χ0v) is 12.8. The molecule has 106 valence electrons. The molecular weight excluding hydrogens is 324 g/mol. The molecule has 2 aromatic rings. The lowest BCUT2D eigenvalue weighted by atomic mass is 9.99. The summed E-state index contributed by atoms with van der Waals surface area (Å²) in [7, 11) is 0. The van der Waals surface area contributed by atoms with Crippen molar-refractivity contribution in [2.75, 3.05) is 6.54 Å². The standard InChI is InChI=1S/C16H16BrF2N/c1-2-20-16(9-11-3-6-13(18)7-4-11)12-5-8-15(19)14(17)10-12/h3-8,10,16,20H,2,9H2,1H3. The molecule has 1 N–H and O–H groups in total. The Labute approximate surface area is 126 Å². The van der Waals surface area contributed by atoms with Crippen molar-refractivity contribution in [1.29, 1.82) is 0 Å². The number of hydrogen-bond donors (Lipinski definition) is 1. The van der Waals surface area contributed by atoms with Gasteiger partial charge < -0.3 is 5.32 Å². The summed E-state index contributed by atoms with van der Waals surface area (Å²) in [5.74, 6) is -0.510. The number of benzene rings is 2. The van der Waals surface area contributed by atoms with Gasteiger partial charge >= 0.3 is 0 Å². The Hall–Kier alpha value is -1.26. The first-order valence-electron chi connectivity index (χ1n) is 6.53. The van der Waals surface area contributed by atoms with Crippen LogP contribution >= 0.6 is 15.9 Å². The van der Waals surface area contributed by atoms with Gasteiger partial charge in [0.1, 0.15) is 11.6 Å². The fourth-order valence-electron chi connectivity index (χ4n) is 2.14. The Morgan fingerprint density at radius 1 is 1.10 bits per heavy atom. The van der Waals surface area contributed by atoms with Crippen LogP contribution in [0.25, 0.3) is 0 Å². The minimum Gasteiger partial charge on any atom is -0.310 e. The normalized spacial score (nSPS) is 12.4. The molecule has 2 aromatic carbocycles. The Balaban J connectivity index is 2.21. The zero-order valence-electron chi connectivity index (χ0n) is 11.2. The predicted molar refractivity (Wildman–Crippen MR) is 80.6 cm³/mol. The third-order valence-corrected chi connectivity index (χ3v) is 3.76. The third kappa shape index (κ3) is 3.87. The highest BCUT2D eigenvalue weighted by Gasteiger charge is 2.13. The molecule has 0 heterocycles. The predicted octanol–water partition coefficient (Wildman–Crippen LogP) is 4.62.